The molecule has 1 spiro atoms. The van der Waals surface area contributed by atoms with Gasteiger partial charge in [0.25, 0.3) is 5.79 Å². The lowest BCUT2D eigenvalue weighted by atomic mass is 9.45. The molecule has 5 fully saturated rings. The van der Waals surface area contributed by atoms with E-state index in [9.17, 15) is 0 Å². The fourth-order valence-electron chi connectivity index (χ4n) is 6.91. The number of aryl methyl sites for hydroxylation is 1. The third kappa shape index (κ3) is 2.51. The van der Waals surface area contributed by atoms with Gasteiger partial charge in [-0.25, -0.2) is 4.89 Å². The summed E-state index contributed by atoms with van der Waals surface area (Å²) >= 11 is 0. The molecule has 1 aromatic rings. The minimum Gasteiger partial charge on any atom is -0.375 e. The highest BCUT2D eigenvalue weighted by Crippen LogP contribution is 2.70. The van der Waals surface area contributed by atoms with Crippen molar-refractivity contribution in [3.05, 3.63) is 35.4 Å². The largest absolute Gasteiger partial charge is 0.375 e. The Hall–Kier alpha value is -0.940. The average molecular weight is 387 g/mol. The number of ether oxygens (including phenoxy) is 2. The van der Waals surface area contributed by atoms with Crippen LogP contribution >= 0.6 is 0 Å². The smallest absolute Gasteiger partial charge is 0.260 e. The van der Waals surface area contributed by atoms with Gasteiger partial charge >= 0.3 is 0 Å². The van der Waals surface area contributed by atoms with Crippen molar-refractivity contribution >= 4 is 0 Å². The fourth-order valence-corrected chi connectivity index (χ4v) is 6.91. The zero-order chi connectivity index (χ0) is 19.6. The highest BCUT2D eigenvalue weighted by Gasteiger charge is 2.78. The van der Waals surface area contributed by atoms with Gasteiger partial charge in [-0.15, -0.1) is 0 Å². The first-order chi connectivity index (χ1) is 13.4. The zero-order valence-corrected chi connectivity index (χ0v) is 17.7. The Morgan fingerprint density at radius 3 is 2.43 bits per heavy atom. The highest BCUT2D eigenvalue weighted by molar-refractivity contribution is 5.33. The van der Waals surface area contributed by atoms with Crippen molar-refractivity contribution in [1.82, 2.24) is 0 Å². The summed E-state index contributed by atoms with van der Waals surface area (Å²) in [5.74, 6) is 1.49. The van der Waals surface area contributed by atoms with Crippen molar-refractivity contribution in [3.8, 4) is 0 Å². The minimum atomic E-state index is -0.791. The summed E-state index contributed by atoms with van der Waals surface area (Å²) in [6, 6.07) is 8.52. The topological polar surface area (TPSA) is 36.9 Å². The normalized spacial score (nSPS) is 43.7. The van der Waals surface area contributed by atoms with Crippen LogP contribution in [0.15, 0.2) is 24.3 Å². The molecule has 4 saturated carbocycles. The standard InChI is InChI=1S/C24H34O4/c1-16(2)8-9-26-22-13-18-11-20(14-22)23(21(12-18)15-22)24(25-4,28-27-23)19-7-5-6-17(3)10-19/h5-7,10,16,18,20-21H,8-9,11-15H2,1-4H3. The van der Waals surface area contributed by atoms with Crippen LogP contribution in [0.2, 0.25) is 0 Å². The van der Waals surface area contributed by atoms with E-state index in [2.05, 4.69) is 45.0 Å². The summed E-state index contributed by atoms with van der Waals surface area (Å²) in [6.45, 7) is 7.54. The van der Waals surface area contributed by atoms with Gasteiger partial charge in [-0.1, -0.05) is 43.7 Å². The van der Waals surface area contributed by atoms with E-state index in [1.165, 1.54) is 24.8 Å². The molecule has 0 radical (unpaired) electrons. The van der Waals surface area contributed by atoms with Crippen LogP contribution in [0.3, 0.4) is 0 Å². The zero-order valence-electron chi connectivity index (χ0n) is 17.7. The Labute approximate surface area is 168 Å². The molecule has 4 heteroatoms. The lowest BCUT2D eigenvalue weighted by Crippen LogP contribution is -2.78. The molecule has 4 nitrogen and oxygen atoms in total. The molecule has 4 bridgehead atoms. The lowest BCUT2D eigenvalue weighted by molar-refractivity contribution is -0.647. The Morgan fingerprint density at radius 1 is 1.11 bits per heavy atom. The fraction of sp³-hybridized carbons (Fsp3) is 0.750. The molecule has 0 N–H and O–H groups in total. The van der Waals surface area contributed by atoms with E-state index in [4.69, 9.17) is 19.2 Å². The summed E-state index contributed by atoms with van der Waals surface area (Å²) in [5, 5.41) is 0. The predicted molar refractivity (Wildman–Crippen MR) is 106 cm³/mol. The second-order valence-corrected chi connectivity index (χ2v) is 10.2. The summed E-state index contributed by atoms with van der Waals surface area (Å²) < 4.78 is 12.8. The molecular weight excluding hydrogens is 352 g/mol. The number of benzene rings is 1. The SMILES string of the molecule is COC1(c2cccc(C)c2)OOC12C1CC3CC2CC(OCCC(C)C)(C3)C1. The maximum absolute atomic E-state index is 6.60. The van der Waals surface area contributed by atoms with Crippen LogP contribution < -0.4 is 0 Å². The number of hydrogen-bond acceptors (Lipinski definition) is 4. The molecule has 6 rings (SSSR count). The summed E-state index contributed by atoms with van der Waals surface area (Å²) in [7, 11) is 1.77. The van der Waals surface area contributed by atoms with Crippen molar-refractivity contribution in [2.45, 2.75) is 76.3 Å². The van der Waals surface area contributed by atoms with Crippen LogP contribution in [0, 0.1) is 30.6 Å². The Kier molecular flexibility index (Phi) is 4.44. The van der Waals surface area contributed by atoms with E-state index >= 15 is 0 Å². The van der Waals surface area contributed by atoms with Crippen molar-refractivity contribution in [2.75, 3.05) is 13.7 Å². The van der Waals surface area contributed by atoms with Crippen LogP contribution in [-0.2, 0) is 25.0 Å². The number of hydrogen-bond donors (Lipinski definition) is 0. The van der Waals surface area contributed by atoms with Gasteiger partial charge < -0.3 is 9.47 Å². The van der Waals surface area contributed by atoms with E-state index in [-0.39, 0.29) is 11.2 Å². The van der Waals surface area contributed by atoms with Gasteiger partial charge in [0, 0.05) is 31.1 Å². The number of rotatable bonds is 6. The second kappa shape index (κ2) is 6.53. The van der Waals surface area contributed by atoms with Gasteiger partial charge in [0.15, 0.2) is 5.60 Å². The molecule has 154 valence electrons. The summed E-state index contributed by atoms with van der Waals surface area (Å²) in [4.78, 5) is 12.0. The first-order valence-electron chi connectivity index (χ1n) is 11.1. The minimum absolute atomic E-state index is 0.0433. The van der Waals surface area contributed by atoms with Gasteiger partial charge in [-0.05, 0) is 57.3 Å². The van der Waals surface area contributed by atoms with Gasteiger partial charge in [0.2, 0.25) is 0 Å². The predicted octanol–water partition coefficient (Wildman–Crippen LogP) is 5.14. The Bertz CT molecular complexity index is 724. The van der Waals surface area contributed by atoms with Gasteiger partial charge in [-0.3, -0.25) is 0 Å². The number of methoxy groups -OCH3 is 1. The van der Waals surface area contributed by atoms with Crippen LogP contribution in [0.5, 0.6) is 0 Å². The maximum Gasteiger partial charge on any atom is 0.260 e. The summed E-state index contributed by atoms with van der Waals surface area (Å²) in [6.07, 6.45) is 6.90. The Balaban J connectivity index is 1.46. The molecule has 3 unspecified atom stereocenters. The first-order valence-corrected chi connectivity index (χ1v) is 11.1. The van der Waals surface area contributed by atoms with Crippen LogP contribution in [0.4, 0.5) is 0 Å². The molecular formula is C24H34O4. The van der Waals surface area contributed by atoms with E-state index in [1.54, 1.807) is 7.11 Å². The van der Waals surface area contributed by atoms with E-state index in [0.717, 1.165) is 37.4 Å². The van der Waals surface area contributed by atoms with Gasteiger partial charge in [0.05, 0.1) is 5.60 Å². The molecule has 1 aliphatic heterocycles. The van der Waals surface area contributed by atoms with E-state index in [0.29, 0.717) is 17.8 Å². The van der Waals surface area contributed by atoms with E-state index < -0.39 is 5.79 Å². The average Bonchev–Trinajstić information content (AvgIpc) is 2.60. The molecule has 1 heterocycles. The monoisotopic (exact) mass is 386 g/mol. The third-order valence-corrected chi connectivity index (χ3v) is 7.95. The highest BCUT2D eigenvalue weighted by atomic mass is 17.3. The van der Waals surface area contributed by atoms with Crippen LogP contribution in [0.25, 0.3) is 0 Å². The van der Waals surface area contributed by atoms with Crippen LogP contribution in [0.1, 0.15) is 63.5 Å². The molecule has 1 saturated heterocycles. The van der Waals surface area contributed by atoms with Crippen LogP contribution in [-0.4, -0.2) is 24.9 Å². The molecule has 28 heavy (non-hydrogen) atoms. The molecule has 1 aromatic carbocycles. The molecule has 5 aliphatic rings. The van der Waals surface area contributed by atoms with Crippen molar-refractivity contribution in [2.24, 2.45) is 23.7 Å². The summed E-state index contributed by atoms with van der Waals surface area (Å²) in [5.41, 5.74) is 1.97. The van der Waals surface area contributed by atoms with Crippen molar-refractivity contribution in [3.63, 3.8) is 0 Å². The van der Waals surface area contributed by atoms with E-state index in [1.807, 2.05) is 0 Å². The Morgan fingerprint density at radius 2 is 1.86 bits per heavy atom. The van der Waals surface area contributed by atoms with Crippen molar-refractivity contribution < 1.29 is 19.2 Å². The third-order valence-electron chi connectivity index (χ3n) is 7.95. The van der Waals surface area contributed by atoms with Crippen molar-refractivity contribution in [1.29, 1.82) is 0 Å². The van der Waals surface area contributed by atoms with Gasteiger partial charge in [-0.2, -0.15) is 4.89 Å². The molecule has 4 aliphatic carbocycles. The second-order valence-electron chi connectivity index (χ2n) is 10.2. The lowest BCUT2D eigenvalue weighted by Gasteiger charge is -2.70. The maximum atomic E-state index is 6.60. The molecule has 3 atom stereocenters. The molecule has 0 aromatic heterocycles. The first kappa shape index (κ1) is 19.0. The molecule has 0 amide bonds. The quantitative estimate of drug-likeness (QED) is 0.635. The van der Waals surface area contributed by atoms with Gasteiger partial charge in [0.1, 0.15) is 0 Å².